The minimum Gasteiger partial charge on any atom is -0.610 e. The van der Waals surface area contributed by atoms with Crippen molar-refractivity contribution in [1.82, 2.24) is 4.98 Å². The lowest BCUT2D eigenvalue weighted by Crippen LogP contribution is -2.03. The Morgan fingerprint density at radius 3 is 2.75 bits per heavy atom. The molecular weight excluding hydrogens is 178 g/mol. The van der Waals surface area contributed by atoms with Gasteiger partial charge in [0.25, 0.3) is 0 Å². The molecule has 0 aliphatic heterocycles. The van der Waals surface area contributed by atoms with Crippen molar-refractivity contribution < 1.29 is 14.8 Å². The van der Waals surface area contributed by atoms with Crippen LogP contribution in [0, 0.1) is 0 Å². The summed E-state index contributed by atoms with van der Waals surface area (Å²) in [5.74, 6) is 0. The molecule has 0 bridgehead atoms. The summed E-state index contributed by atoms with van der Waals surface area (Å²) in [4.78, 5) is 3.80. The highest BCUT2D eigenvalue weighted by atomic mass is 32.2. The van der Waals surface area contributed by atoms with Gasteiger partial charge in [-0.05, 0) is 6.07 Å². The van der Waals surface area contributed by atoms with Crippen molar-refractivity contribution in [3.8, 4) is 0 Å². The van der Waals surface area contributed by atoms with Crippen LogP contribution in [0.25, 0.3) is 0 Å². The Morgan fingerprint density at radius 2 is 2.25 bits per heavy atom. The summed E-state index contributed by atoms with van der Waals surface area (Å²) in [5, 5.41) is 17.9. The van der Waals surface area contributed by atoms with Crippen LogP contribution in [0.4, 0.5) is 0 Å². The molecule has 66 valence electrons. The third-order valence-electron chi connectivity index (χ3n) is 1.35. The molecule has 1 unspecified atom stereocenters. The highest BCUT2D eigenvalue weighted by Gasteiger charge is 2.09. The van der Waals surface area contributed by atoms with E-state index in [0.717, 1.165) is 0 Å². The third-order valence-corrected chi connectivity index (χ3v) is 2.16. The second-order valence-electron chi connectivity index (χ2n) is 2.26. The Hall–Kier alpha value is -0.620. The quantitative estimate of drug-likeness (QED) is 0.496. The molecule has 1 aromatic heterocycles. The smallest absolute Gasteiger partial charge is 0.244 e. The fraction of sp³-hybridized carbons (Fsp3) is 0.286. The second-order valence-corrected chi connectivity index (χ2v) is 3.58. The maximum absolute atomic E-state index is 10.9. The maximum Gasteiger partial charge on any atom is 0.244 e. The summed E-state index contributed by atoms with van der Waals surface area (Å²) in [6.45, 7) is 0. The van der Waals surface area contributed by atoms with Crippen molar-refractivity contribution in [3.05, 3.63) is 23.9 Å². The van der Waals surface area contributed by atoms with E-state index in [0.29, 0.717) is 10.6 Å². The molecule has 0 spiro atoms. The molecule has 0 fully saturated rings. The van der Waals surface area contributed by atoms with Gasteiger partial charge in [0, 0.05) is 29.0 Å². The van der Waals surface area contributed by atoms with Gasteiger partial charge in [0.05, 0.1) is 0 Å². The molecule has 0 saturated heterocycles. The molecule has 1 atom stereocenters. The van der Waals surface area contributed by atoms with E-state index in [1.54, 1.807) is 0 Å². The largest absolute Gasteiger partial charge is 0.610 e. The van der Waals surface area contributed by atoms with Crippen LogP contribution in [-0.4, -0.2) is 26.0 Å². The molecule has 2 N–H and O–H groups in total. The van der Waals surface area contributed by atoms with Gasteiger partial charge in [-0.25, -0.2) is 4.98 Å². The lowest BCUT2D eigenvalue weighted by molar-refractivity contribution is -0.0427. The van der Waals surface area contributed by atoms with E-state index < -0.39 is 17.5 Å². The molecular formula is C7H9NO3S. The van der Waals surface area contributed by atoms with Crippen molar-refractivity contribution in [3.63, 3.8) is 0 Å². The zero-order valence-corrected chi connectivity index (χ0v) is 7.28. The lowest BCUT2D eigenvalue weighted by atomic mass is 10.3. The Kier molecular flexibility index (Phi) is 3.05. The first kappa shape index (κ1) is 9.47. The average Bonchev–Trinajstić information content (AvgIpc) is 2.04. The van der Waals surface area contributed by atoms with Crippen LogP contribution < -0.4 is 0 Å². The predicted octanol–water partition coefficient (Wildman–Crippen LogP) is -0.198. The van der Waals surface area contributed by atoms with Gasteiger partial charge in [-0.15, -0.1) is 0 Å². The van der Waals surface area contributed by atoms with Gasteiger partial charge in [-0.2, -0.15) is 0 Å². The minimum absolute atomic E-state index is 0.301. The third kappa shape index (κ3) is 2.18. The summed E-state index contributed by atoms with van der Waals surface area (Å²) in [6.07, 6.45) is 1.34. The van der Waals surface area contributed by atoms with Gasteiger partial charge >= 0.3 is 0 Å². The van der Waals surface area contributed by atoms with Gasteiger partial charge in [0.15, 0.2) is 6.29 Å². The van der Waals surface area contributed by atoms with Crippen LogP contribution in [0.15, 0.2) is 23.4 Å². The molecule has 4 nitrogen and oxygen atoms in total. The zero-order chi connectivity index (χ0) is 9.14. The number of hydrogen-bond donors (Lipinski definition) is 2. The van der Waals surface area contributed by atoms with E-state index in [1.807, 2.05) is 0 Å². The Morgan fingerprint density at radius 1 is 1.58 bits per heavy atom. The first-order valence-electron chi connectivity index (χ1n) is 3.27. The molecule has 0 amide bonds. The van der Waals surface area contributed by atoms with Crippen LogP contribution >= 0.6 is 0 Å². The van der Waals surface area contributed by atoms with Crippen LogP contribution in [0.3, 0.4) is 0 Å². The summed E-state index contributed by atoms with van der Waals surface area (Å²) >= 11 is -1.19. The molecule has 0 aromatic carbocycles. The first-order chi connectivity index (χ1) is 5.61. The second kappa shape index (κ2) is 3.86. The summed E-state index contributed by atoms with van der Waals surface area (Å²) in [6, 6.07) is 2.86. The topological polar surface area (TPSA) is 76.4 Å². The SMILES string of the molecule is C[S+]([O-])c1cc(C(O)O)ccn1. The van der Waals surface area contributed by atoms with Gasteiger partial charge < -0.3 is 14.8 Å². The normalized spacial score (nSPS) is 13.4. The molecule has 1 rings (SSSR count). The average molecular weight is 187 g/mol. The Balaban J connectivity index is 2.96. The van der Waals surface area contributed by atoms with E-state index in [1.165, 1.54) is 24.6 Å². The van der Waals surface area contributed by atoms with Crippen molar-refractivity contribution in [2.24, 2.45) is 0 Å². The van der Waals surface area contributed by atoms with Crippen molar-refractivity contribution in [2.75, 3.05) is 6.26 Å². The van der Waals surface area contributed by atoms with Crippen molar-refractivity contribution in [1.29, 1.82) is 0 Å². The minimum atomic E-state index is -1.53. The van der Waals surface area contributed by atoms with Crippen molar-refractivity contribution in [2.45, 2.75) is 11.3 Å². The summed E-state index contributed by atoms with van der Waals surface area (Å²) < 4.78 is 10.9. The molecule has 0 aliphatic carbocycles. The van der Waals surface area contributed by atoms with Gasteiger partial charge in [0.2, 0.25) is 5.03 Å². The van der Waals surface area contributed by atoms with Crippen LogP contribution in [-0.2, 0) is 11.2 Å². The van der Waals surface area contributed by atoms with Crippen molar-refractivity contribution >= 4 is 11.2 Å². The van der Waals surface area contributed by atoms with E-state index in [4.69, 9.17) is 10.2 Å². The van der Waals surface area contributed by atoms with Crippen LogP contribution in [0.2, 0.25) is 0 Å². The number of aliphatic hydroxyl groups is 2. The number of nitrogens with zero attached hydrogens (tertiary/aromatic N) is 1. The summed E-state index contributed by atoms with van der Waals surface area (Å²) in [7, 11) is 0. The van der Waals surface area contributed by atoms with Crippen LogP contribution in [0.5, 0.6) is 0 Å². The van der Waals surface area contributed by atoms with E-state index >= 15 is 0 Å². The molecule has 1 heterocycles. The monoisotopic (exact) mass is 187 g/mol. The van der Waals surface area contributed by atoms with Gasteiger partial charge in [-0.3, -0.25) is 0 Å². The molecule has 1 aromatic rings. The Bertz CT molecular complexity index is 241. The number of pyridine rings is 1. The Labute approximate surface area is 73.1 Å². The molecule has 0 saturated carbocycles. The van der Waals surface area contributed by atoms with Gasteiger partial charge in [0.1, 0.15) is 6.26 Å². The standard InChI is InChI=1S/C7H9NO3S/c1-12(11)6-4-5(7(9)10)2-3-8-6/h2-4,7,9-10H,1H3. The molecule has 0 radical (unpaired) electrons. The number of rotatable bonds is 2. The lowest BCUT2D eigenvalue weighted by Gasteiger charge is -2.06. The number of aliphatic hydroxyl groups excluding tert-OH is 1. The maximum atomic E-state index is 10.9. The molecule has 0 aliphatic rings. The number of hydrogen-bond acceptors (Lipinski definition) is 4. The molecule has 12 heavy (non-hydrogen) atoms. The zero-order valence-electron chi connectivity index (χ0n) is 6.47. The highest BCUT2D eigenvalue weighted by Crippen LogP contribution is 2.12. The number of aromatic nitrogens is 1. The fourth-order valence-electron chi connectivity index (χ4n) is 0.743. The highest BCUT2D eigenvalue weighted by molar-refractivity contribution is 7.90. The van der Waals surface area contributed by atoms with E-state index in [2.05, 4.69) is 4.98 Å². The van der Waals surface area contributed by atoms with Crippen LogP contribution in [0.1, 0.15) is 11.9 Å². The first-order valence-corrected chi connectivity index (χ1v) is 4.82. The predicted molar refractivity (Wildman–Crippen MR) is 43.7 cm³/mol. The fourth-order valence-corrected chi connectivity index (χ4v) is 1.25. The van der Waals surface area contributed by atoms with E-state index in [9.17, 15) is 4.55 Å². The molecule has 5 heteroatoms. The van der Waals surface area contributed by atoms with Gasteiger partial charge in [-0.1, -0.05) is 0 Å². The summed E-state index contributed by atoms with van der Waals surface area (Å²) in [5.41, 5.74) is 0.301. The van der Waals surface area contributed by atoms with E-state index in [-0.39, 0.29) is 0 Å².